The van der Waals surface area contributed by atoms with Crippen molar-refractivity contribution in [1.82, 2.24) is 0 Å². The van der Waals surface area contributed by atoms with E-state index in [0.717, 1.165) is 12.0 Å². The van der Waals surface area contributed by atoms with Crippen LogP contribution in [0.3, 0.4) is 0 Å². The maximum atomic E-state index is 12.9. The van der Waals surface area contributed by atoms with Crippen LogP contribution in [0.5, 0.6) is 0 Å². The maximum absolute atomic E-state index is 12.9. The summed E-state index contributed by atoms with van der Waals surface area (Å²) < 4.78 is 18.2. The van der Waals surface area contributed by atoms with Crippen LogP contribution < -0.4 is 0 Å². The third kappa shape index (κ3) is 2.97. The van der Waals surface area contributed by atoms with Gasteiger partial charge < -0.3 is 9.84 Å². The third-order valence-corrected chi connectivity index (χ3v) is 3.72. The Hall–Kier alpha value is -0.640. The quantitative estimate of drug-likeness (QED) is 0.903. The van der Waals surface area contributed by atoms with Gasteiger partial charge in [0.1, 0.15) is 5.82 Å². The van der Waals surface area contributed by atoms with Crippen LogP contribution in [0.2, 0.25) is 5.02 Å². The highest BCUT2D eigenvalue weighted by molar-refractivity contribution is 6.31. The van der Waals surface area contributed by atoms with Gasteiger partial charge in [-0.3, -0.25) is 0 Å². The highest BCUT2D eigenvalue weighted by atomic mass is 35.5. The Labute approximate surface area is 105 Å². The van der Waals surface area contributed by atoms with Gasteiger partial charge in [-0.05, 0) is 31.0 Å². The van der Waals surface area contributed by atoms with E-state index in [1.54, 1.807) is 13.0 Å². The average molecular weight is 259 g/mol. The Morgan fingerprint density at radius 1 is 1.59 bits per heavy atom. The van der Waals surface area contributed by atoms with E-state index in [2.05, 4.69) is 0 Å². The van der Waals surface area contributed by atoms with Gasteiger partial charge in [0, 0.05) is 24.0 Å². The molecule has 0 bridgehead atoms. The van der Waals surface area contributed by atoms with E-state index in [0.29, 0.717) is 24.7 Å². The lowest BCUT2D eigenvalue weighted by atomic mass is 9.83. The zero-order valence-corrected chi connectivity index (χ0v) is 10.5. The summed E-state index contributed by atoms with van der Waals surface area (Å²) in [6, 6.07) is 4.27. The molecule has 1 heterocycles. The van der Waals surface area contributed by atoms with Gasteiger partial charge in [0.25, 0.3) is 0 Å². The molecule has 0 spiro atoms. The Balaban J connectivity index is 2.13. The van der Waals surface area contributed by atoms with Crippen molar-refractivity contribution in [3.63, 3.8) is 0 Å². The summed E-state index contributed by atoms with van der Waals surface area (Å²) in [5.74, 6) is -0.244. The summed E-state index contributed by atoms with van der Waals surface area (Å²) in [6.45, 7) is 3.05. The van der Waals surface area contributed by atoms with Crippen molar-refractivity contribution in [3.8, 4) is 0 Å². The fourth-order valence-corrected chi connectivity index (χ4v) is 2.45. The molecule has 2 rings (SSSR count). The van der Waals surface area contributed by atoms with E-state index in [1.165, 1.54) is 12.1 Å². The molecule has 0 radical (unpaired) electrons. The van der Waals surface area contributed by atoms with Crippen LogP contribution in [-0.4, -0.2) is 23.9 Å². The highest BCUT2D eigenvalue weighted by Gasteiger charge is 2.35. The lowest BCUT2D eigenvalue weighted by molar-refractivity contribution is -0.00454. The van der Waals surface area contributed by atoms with Gasteiger partial charge in [0.05, 0.1) is 12.2 Å². The molecule has 1 aliphatic heterocycles. The van der Waals surface area contributed by atoms with Gasteiger partial charge in [0.2, 0.25) is 0 Å². The van der Waals surface area contributed by atoms with Crippen molar-refractivity contribution in [1.29, 1.82) is 0 Å². The second-order valence-electron chi connectivity index (χ2n) is 4.83. The Morgan fingerprint density at radius 2 is 2.35 bits per heavy atom. The van der Waals surface area contributed by atoms with Gasteiger partial charge in [0.15, 0.2) is 0 Å². The molecular weight excluding hydrogens is 243 g/mol. The van der Waals surface area contributed by atoms with Gasteiger partial charge >= 0.3 is 0 Å². The van der Waals surface area contributed by atoms with Crippen molar-refractivity contribution in [2.75, 3.05) is 13.2 Å². The van der Waals surface area contributed by atoms with Crippen LogP contribution in [0.1, 0.15) is 18.9 Å². The van der Waals surface area contributed by atoms with E-state index >= 15 is 0 Å². The number of benzene rings is 1. The van der Waals surface area contributed by atoms with E-state index in [9.17, 15) is 9.50 Å². The number of rotatable bonds is 3. The largest absolute Gasteiger partial charge is 0.389 e. The van der Waals surface area contributed by atoms with E-state index in [-0.39, 0.29) is 11.7 Å². The SMILES string of the molecule is CC(O)(Cc1ccc(F)cc1Cl)C1CCOC1. The minimum atomic E-state index is -0.863. The normalized spacial score (nSPS) is 23.6. The van der Waals surface area contributed by atoms with E-state index in [4.69, 9.17) is 16.3 Å². The zero-order valence-electron chi connectivity index (χ0n) is 9.75. The molecule has 4 heteroatoms. The first-order valence-corrected chi connectivity index (χ1v) is 6.11. The maximum Gasteiger partial charge on any atom is 0.124 e. The van der Waals surface area contributed by atoms with Crippen LogP contribution in [0.15, 0.2) is 18.2 Å². The molecule has 2 unspecified atom stereocenters. The second kappa shape index (κ2) is 4.92. The van der Waals surface area contributed by atoms with Crippen LogP contribution >= 0.6 is 11.6 Å². The molecule has 2 nitrogen and oxygen atoms in total. The molecule has 0 aliphatic carbocycles. The second-order valence-corrected chi connectivity index (χ2v) is 5.24. The molecule has 1 N–H and O–H groups in total. The first-order chi connectivity index (χ1) is 7.99. The van der Waals surface area contributed by atoms with Gasteiger partial charge in [-0.1, -0.05) is 17.7 Å². The molecule has 1 fully saturated rings. The summed E-state index contributed by atoms with van der Waals surface area (Å²) in [4.78, 5) is 0. The first kappa shape index (κ1) is 12.8. The van der Waals surface area contributed by atoms with Crippen molar-refractivity contribution in [3.05, 3.63) is 34.6 Å². The van der Waals surface area contributed by atoms with E-state index in [1.807, 2.05) is 0 Å². The lowest BCUT2D eigenvalue weighted by Crippen LogP contribution is -2.37. The molecule has 0 saturated carbocycles. The average Bonchev–Trinajstić information content (AvgIpc) is 2.76. The molecule has 1 saturated heterocycles. The van der Waals surface area contributed by atoms with Crippen molar-refractivity contribution < 1.29 is 14.2 Å². The summed E-state index contributed by atoms with van der Waals surface area (Å²) in [6.07, 6.45) is 1.27. The van der Waals surface area contributed by atoms with Crippen molar-refractivity contribution >= 4 is 11.6 Å². The molecule has 94 valence electrons. The summed E-state index contributed by atoms with van der Waals surface area (Å²) in [5, 5.41) is 10.8. The fraction of sp³-hybridized carbons (Fsp3) is 0.538. The van der Waals surface area contributed by atoms with Crippen LogP contribution in [0.25, 0.3) is 0 Å². The first-order valence-electron chi connectivity index (χ1n) is 5.73. The standard InChI is InChI=1S/C13H16ClFO2/c1-13(16,10-4-5-17-8-10)7-9-2-3-11(15)6-12(9)14/h2-3,6,10,16H,4-5,7-8H2,1H3. The topological polar surface area (TPSA) is 29.5 Å². The fourth-order valence-electron chi connectivity index (χ4n) is 2.22. The molecule has 1 aromatic rings. The number of hydrogen-bond acceptors (Lipinski definition) is 2. The Kier molecular flexibility index (Phi) is 3.71. The van der Waals surface area contributed by atoms with Crippen LogP contribution in [0.4, 0.5) is 4.39 Å². The highest BCUT2D eigenvalue weighted by Crippen LogP contribution is 2.31. The van der Waals surface area contributed by atoms with E-state index < -0.39 is 5.60 Å². The number of aliphatic hydroxyl groups is 1. The number of ether oxygens (including phenoxy) is 1. The lowest BCUT2D eigenvalue weighted by Gasteiger charge is -2.29. The molecule has 1 aliphatic rings. The summed E-state index contributed by atoms with van der Waals surface area (Å²) in [5.41, 5.74) is -0.0946. The minimum absolute atomic E-state index is 0.114. The molecule has 0 amide bonds. The molecule has 2 atom stereocenters. The number of halogens is 2. The van der Waals surface area contributed by atoms with Gasteiger partial charge in [-0.15, -0.1) is 0 Å². The minimum Gasteiger partial charge on any atom is -0.389 e. The summed E-state index contributed by atoms with van der Waals surface area (Å²) in [7, 11) is 0. The van der Waals surface area contributed by atoms with Crippen molar-refractivity contribution in [2.24, 2.45) is 5.92 Å². The van der Waals surface area contributed by atoms with Gasteiger partial charge in [-0.2, -0.15) is 0 Å². The molecular formula is C13H16ClFO2. The summed E-state index contributed by atoms with van der Waals surface area (Å²) >= 11 is 5.96. The molecule has 1 aromatic carbocycles. The Morgan fingerprint density at radius 3 is 2.94 bits per heavy atom. The smallest absolute Gasteiger partial charge is 0.124 e. The van der Waals surface area contributed by atoms with Crippen LogP contribution in [-0.2, 0) is 11.2 Å². The predicted octanol–water partition coefficient (Wildman–Crippen LogP) is 2.81. The zero-order chi connectivity index (χ0) is 12.5. The van der Waals surface area contributed by atoms with Crippen LogP contribution in [0, 0.1) is 11.7 Å². The molecule has 17 heavy (non-hydrogen) atoms. The monoisotopic (exact) mass is 258 g/mol. The molecule has 0 aromatic heterocycles. The number of hydrogen-bond donors (Lipinski definition) is 1. The Bertz CT molecular complexity index is 400. The predicted molar refractivity (Wildman–Crippen MR) is 64.7 cm³/mol. The van der Waals surface area contributed by atoms with Gasteiger partial charge in [-0.25, -0.2) is 4.39 Å². The third-order valence-electron chi connectivity index (χ3n) is 3.37. The van der Waals surface area contributed by atoms with Crippen molar-refractivity contribution in [2.45, 2.75) is 25.4 Å².